The molecule has 9 heteroatoms. The molecule has 1 N–H and O–H groups in total. The second kappa shape index (κ2) is 8.89. The third kappa shape index (κ3) is 5.11. The molecule has 1 aliphatic rings. The van der Waals surface area contributed by atoms with Gasteiger partial charge in [-0.15, -0.1) is 0 Å². The second-order valence-corrected chi connectivity index (χ2v) is 7.30. The molecule has 1 atom stereocenters. The minimum Gasteiger partial charge on any atom is -0.491 e. The van der Waals surface area contributed by atoms with Gasteiger partial charge in [0.25, 0.3) is 11.8 Å². The lowest BCUT2D eigenvalue weighted by Gasteiger charge is -2.29. The predicted octanol–water partition coefficient (Wildman–Crippen LogP) is 4.71. The number of hydrogen-bond acceptors (Lipinski definition) is 4. The Kier molecular flexibility index (Phi) is 6.45. The Morgan fingerprint density at radius 3 is 2.45 bits per heavy atom. The van der Waals surface area contributed by atoms with Crippen LogP contribution < -0.4 is 15.0 Å². The zero-order valence-electron chi connectivity index (χ0n) is 16.7. The monoisotopic (exact) mass is 448 g/mol. The van der Waals surface area contributed by atoms with Crippen LogP contribution in [0.4, 0.5) is 18.9 Å². The Morgan fingerprint density at radius 1 is 1.16 bits per heavy atom. The average molecular weight is 448 g/mol. The molecule has 2 aromatic carbocycles. The molecule has 2 amide bonds. The number of carbonyl (C=O) groups excluding carboxylic acids is 2. The molecule has 2 aromatic rings. The van der Waals surface area contributed by atoms with Gasteiger partial charge in [-0.1, -0.05) is 25.1 Å². The Hall–Kier alpha value is -3.20. The fraction of sp³-hybridized carbons (Fsp3) is 0.227. The zero-order valence-corrected chi connectivity index (χ0v) is 17.5. The first kappa shape index (κ1) is 22.5. The Morgan fingerprint density at radius 2 is 1.84 bits per heavy atom. The van der Waals surface area contributed by atoms with Gasteiger partial charge >= 0.3 is 6.18 Å². The van der Waals surface area contributed by atoms with Crippen LogP contribution in [0.3, 0.4) is 0 Å². The largest absolute Gasteiger partial charge is 0.491 e. The number of nitrogens with one attached hydrogen (secondary N) is 1. The quantitative estimate of drug-likeness (QED) is 0.409. The minimum absolute atomic E-state index is 0.0388. The highest BCUT2D eigenvalue weighted by Crippen LogP contribution is 2.32. The molecule has 0 unspecified atom stereocenters. The molecule has 31 heavy (non-hydrogen) atoms. The van der Waals surface area contributed by atoms with Gasteiger partial charge in [0, 0.05) is 0 Å². The van der Waals surface area contributed by atoms with E-state index in [1.807, 2.05) is 13.8 Å². The number of alkyl halides is 3. The first-order valence-electron chi connectivity index (χ1n) is 9.45. The molecule has 0 radical (unpaired) electrons. The molecule has 1 heterocycles. The molecule has 162 valence electrons. The molecule has 3 rings (SSSR count). The van der Waals surface area contributed by atoms with E-state index in [4.69, 9.17) is 17.0 Å². The van der Waals surface area contributed by atoms with Crippen LogP contribution in [0, 0.1) is 0 Å². The number of thiocarbonyl (C=S) groups is 1. The van der Waals surface area contributed by atoms with E-state index in [0.29, 0.717) is 11.3 Å². The van der Waals surface area contributed by atoms with Crippen LogP contribution >= 0.6 is 12.2 Å². The summed E-state index contributed by atoms with van der Waals surface area (Å²) in [4.78, 5) is 26.2. The first-order valence-corrected chi connectivity index (χ1v) is 9.86. The van der Waals surface area contributed by atoms with Crippen molar-refractivity contribution >= 4 is 40.9 Å². The highest BCUT2D eigenvalue weighted by atomic mass is 32.1. The van der Waals surface area contributed by atoms with E-state index in [9.17, 15) is 22.8 Å². The molecule has 0 aromatic heterocycles. The third-order valence-electron chi connectivity index (χ3n) is 4.64. The summed E-state index contributed by atoms with van der Waals surface area (Å²) in [6.07, 6.45) is -2.35. The van der Waals surface area contributed by atoms with Crippen molar-refractivity contribution < 1.29 is 27.5 Å². The topological polar surface area (TPSA) is 58.6 Å². The van der Waals surface area contributed by atoms with E-state index in [2.05, 4.69) is 5.32 Å². The van der Waals surface area contributed by atoms with Crippen molar-refractivity contribution in [3.63, 3.8) is 0 Å². The van der Waals surface area contributed by atoms with Gasteiger partial charge in [0.1, 0.15) is 11.3 Å². The number of halogens is 3. The molecule has 1 fully saturated rings. The van der Waals surface area contributed by atoms with Crippen LogP contribution in [-0.2, 0) is 15.8 Å². The normalized spacial score (nSPS) is 17.0. The van der Waals surface area contributed by atoms with Gasteiger partial charge in [0.15, 0.2) is 5.11 Å². The number of amides is 2. The number of benzene rings is 2. The van der Waals surface area contributed by atoms with Gasteiger partial charge < -0.3 is 4.74 Å². The summed E-state index contributed by atoms with van der Waals surface area (Å²) in [5.41, 5.74) is -0.721. The lowest BCUT2D eigenvalue weighted by Crippen LogP contribution is -2.54. The van der Waals surface area contributed by atoms with E-state index < -0.39 is 23.6 Å². The van der Waals surface area contributed by atoms with Crippen LogP contribution in [0.1, 0.15) is 31.4 Å². The van der Waals surface area contributed by atoms with Crippen molar-refractivity contribution in [3.05, 3.63) is 65.2 Å². The Labute approximate surface area is 182 Å². The zero-order chi connectivity index (χ0) is 22.8. The summed E-state index contributed by atoms with van der Waals surface area (Å²) >= 11 is 5.03. The van der Waals surface area contributed by atoms with E-state index in [0.717, 1.165) is 23.5 Å². The van der Waals surface area contributed by atoms with Crippen molar-refractivity contribution in [2.45, 2.75) is 32.5 Å². The lowest BCUT2D eigenvalue weighted by atomic mass is 10.1. The number of nitrogens with zero attached hydrogens (tertiary/aromatic N) is 1. The van der Waals surface area contributed by atoms with Gasteiger partial charge in [-0.2, -0.15) is 13.2 Å². The average Bonchev–Trinajstić information content (AvgIpc) is 2.71. The fourth-order valence-corrected chi connectivity index (χ4v) is 3.12. The SMILES string of the molecule is CC[C@@H](C)Oc1ccc(/C=C2\C(=O)NC(=S)N(c3cccc(C(F)(F)F)c3)C2=O)cc1. The molecule has 5 nitrogen and oxygen atoms in total. The second-order valence-electron chi connectivity index (χ2n) is 6.91. The summed E-state index contributed by atoms with van der Waals surface area (Å²) < 4.78 is 44.9. The van der Waals surface area contributed by atoms with Gasteiger partial charge in [-0.3, -0.25) is 19.8 Å². The summed E-state index contributed by atoms with van der Waals surface area (Å²) in [6.45, 7) is 3.93. The molecule has 0 spiro atoms. The third-order valence-corrected chi connectivity index (χ3v) is 4.92. The van der Waals surface area contributed by atoms with Gasteiger partial charge in [-0.25, -0.2) is 0 Å². The van der Waals surface area contributed by atoms with E-state index in [1.165, 1.54) is 18.2 Å². The Balaban J connectivity index is 1.91. The van der Waals surface area contributed by atoms with Gasteiger partial charge in [0.05, 0.1) is 17.4 Å². The number of carbonyl (C=O) groups is 2. The summed E-state index contributed by atoms with van der Waals surface area (Å²) in [7, 11) is 0. The standard InChI is InChI=1S/C22H19F3N2O3S/c1-3-13(2)30-17-9-7-14(8-10-17)11-18-19(28)26-21(31)27(20(18)29)16-6-4-5-15(12-16)22(23,24)25/h4-13H,3H2,1-2H3,(H,26,28,31)/b18-11+/t13-/m1/s1. The molecule has 0 saturated carbocycles. The van der Waals surface area contributed by atoms with Crippen molar-refractivity contribution in [3.8, 4) is 5.75 Å². The van der Waals surface area contributed by atoms with Crippen molar-refractivity contribution in [1.82, 2.24) is 5.32 Å². The molecule has 1 saturated heterocycles. The van der Waals surface area contributed by atoms with E-state index >= 15 is 0 Å². The van der Waals surface area contributed by atoms with Crippen LogP contribution in [0.5, 0.6) is 5.75 Å². The number of rotatable bonds is 5. The number of anilines is 1. The van der Waals surface area contributed by atoms with Gasteiger partial charge in [-0.05, 0) is 67.5 Å². The maximum absolute atomic E-state index is 13.1. The smallest absolute Gasteiger partial charge is 0.416 e. The van der Waals surface area contributed by atoms with Crippen LogP contribution in [-0.4, -0.2) is 23.0 Å². The van der Waals surface area contributed by atoms with Crippen molar-refractivity contribution in [2.24, 2.45) is 0 Å². The first-order chi connectivity index (χ1) is 14.6. The summed E-state index contributed by atoms with van der Waals surface area (Å²) in [5.74, 6) is -0.895. The highest BCUT2D eigenvalue weighted by Gasteiger charge is 2.36. The number of hydrogen-bond donors (Lipinski definition) is 1. The molecule has 0 bridgehead atoms. The van der Waals surface area contributed by atoms with Crippen molar-refractivity contribution in [1.29, 1.82) is 0 Å². The fourth-order valence-electron chi connectivity index (χ4n) is 2.84. The highest BCUT2D eigenvalue weighted by molar-refractivity contribution is 7.80. The molecule has 1 aliphatic heterocycles. The van der Waals surface area contributed by atoms with Gasteiger partial charge in [0.2, 0.25) is 0 Å². The minimum atomic E-state index is -4.59. The lowest BCUT2D eigenvalue weighted by molar-refractivity contribution is -0.137. The number of ether oxygens (including phenoxy) is 1. The predicted molar refractivity (Wildman–Crippen MR) is 114 cm³/mol. The molecule has 0 aliphatic carbocycles. The van der Waals surface area contributed by atoms with E-state index in [1.54, 1.807) is 24.3 Å². The Bertz CT molecular complexity index is 1050. The maximum Gasteiger partial charge on any atom is 0.416 e. The van der Waals surface area contributed by atoms with Crippen LogP contribution in [0.25, 0.3) is 6.08 Å². The van der Waals surface area contributed by atoms with E-state index in [-0.39, 0.29) is 22.5 Å². The van der Waals surface area contributed by atoms with Crippen molar-refractivity contribution in [2.75, 3.05) is 4.90 Å². The van der Waals surface area contributed by atoms with Crippen LogP contribution in [0.2, 0.25) is 0 Å². The summed E-state index contributed by atoms with van der Waals surface area (Å²) in [6, 6.07) is 10.9. The summed E-state index contributed by atoms with van der Waals surface area (Å²) in [5, 5.41) is 2.07. The van der Waals surface area contributed by atoms with Crippen LogP contribution in [0.15, 0.2) is 54.1 Å². The molecular formula is C22H19F3N2O3S. The molecular weight excluding hydrogens is 429 g/mol. The maximum atomic E-state index is 13.1.